The molecule has 0 N–H and O–H groups in total. The first-order valence-corrected chi connectivity index (χ1v) is 11.8. The molecule has 0 bridgehead atoms. The predicted octanol–water partition coefficient (Wildman–Crippen LogP) is 6.77. The van der Waals surface area contributed by atoms with Crippen LogP contribution in [-0.4, -0.2) is 23.0 Å². The minimum absolute atomic E-state index is 0.344. The molecular weight excluding hydrogens is 260 g/mol. The molecule has 1 aliphatic rings. The van der Waals surface area contributed by atoms with Gasteiger partial charge in [-0.2, -0.15) is 0 Å². The second-order valence-corrected chi connectivity index (χ2v) is 12.3. The van der Waals surface area contributed by atoms with E-state index in [1.165, 1.54) is 76.4 Å². The third-order valence-electron chi connectivity index (χ3n) is 5.91. The van der Waals surface area contributed by atoms with Crippen LogP contribution in [0.2, 0.25) is 0 Å². The van der Waals surface area contributed by atoms with Gasteiger partial charge in [0.15, 0.2) is 0 Å². The Hall–Kier alpha value is 0.350. The van der Waals surface area contributed by atoms with E-state index in [-0.39, 0.29) is 10.0 Å². The van der Waals surface area contributed by atoms with Gasteiger partial charge in [0.05, 0.1) is 0 Å². The van der Waals surface area contributed by atoms with Crippen LogP contribution in [0.1, 0.15) is 91.4 Å². The largest absolute Gasteiger partial charge is 0.241 e. The molecule has 122 valence electrons. The van der Waals surface area contributed by atoms with Gasteiger partial charge in [-0.3, -0.25) is 0 Å². The van der Waals surface area contributed by atoms with E-state index in [0.29, 0.717) is 4.75 Å². The second kappa shape index (κ2) is 8.71. The summed E-state index contributed by atoms with van der Waals surface area (Å²) in [5.74, 6) is 2.54. The highest BCUT2D eigenvalue weighted by molar-refractivity contribution is 8.33. The predicted molar refractivity (Wildman–Crippen MR) is 98.3 cm³/mol. The Morgan fingerprint density at radius 1 is 0.950 bits per heavy atom. The van der Waals surface area contributed by atoms with Gasteiger partial charge in [-0.15, -0.1) is 0 Å². The van der Waals surface area contributed by atoms with E-state index in [1.807, 2.05) is 0 Å². The fraction of sp³-hybridized carbons (Fsp3) is 1.00. The molecule has 1 heterocycles. The summed E-state index contributed by atoms with van der Waals surface area (Å²) in [6.45, 7) is 7.30. The van der Waals surface area contributed by atoms with Gasteiger partial charge >= 0.3 is 0 Å². The van der Waals surface area contributed by atoms with Crippen molar-refractivity contribution in [2.75, 3.05) is 18.3 Å². The molecule has 1 rings (SSSR count). The maximum absolute atomic E-state index is 2.61. The van der Waals surface area contributed by atoms with Crippen LogP contribution < -0.4 is 0 Å². The first-order valence-electron chi connectivity index (χ1n) is 9.16. The number of rotatable bonds is 9. The number of hydrogen-bond acceptors (Lipinski definition) is 0. The number of hydrogen-bond donors (Lipinski definition) is 0. The lowest BCUT2D eigenvalue weighted by Gasteiger charge is -2.53. The lowest BCUT2D eigenvalue weighted by Crippen LogP contribution is -2.36. The summed E-state index contributed by atoms with van der Waals surface area (Å²) in [5.41, 5.74) is 0. The molecule has 0 spiro atoms. The molecule has 1 aliphatic heterocycles. The fourth-order valence-corrected chi connectivity index (χ4v) is 6.88. The van der Waals surface area contributed by atoms with Crippen LogP contribution >= 0.6 is 10.0 Å². The van der Waals surface area contributed by atoms with E-state index in [9.17, 15) is 0 Å². The maximum atomic E-state index is 2.61. The summed E-state index contributed by atoms with van der Waals surface area (Å²) in [6.07, 6.45) is 21.3. The highest BCUT2D eigenvalue weighted by Gasteiger charge is 2.38. The van der Waals surface area contributed by atoms with Crippen molar-refractivity contribution >= 4 is 10.0 Å². The molecule has 0 saturated carbocycles. The molecule has 0 aromatic heterocycles. The summed E-state index contributed by atoms with van der Waals surface area (Å²) in [5, 5.41) is 0. The molecule has 0 aromatic rings. The zero-order valence-corrected chi connectivity index (χ0v) is 15.8. The maximum Gasteiger partial charge on any atom is -0.00306 e. The Morgan fingerprint density at radius 2 is 1.60 bits per heavy atom. The van der Waals surface area contributed by atoms with E-state index >= 15 is 0 Å². The zero-order chi connectivity index (χ0) is 15.1. The van der Waals surface area contributed by atoms with Crippen molar-refractivity contribution < 1.29 is 0 Å². The van der Waals surface area contributed by atoms with Gasteiger partial charge in [0.1, 0.15) is 0 Å². The summed E-state index contributed by atoms with van der Waals surface area (Å²) >= 11 is 0. The van der Waals surface area contributed by atoms with Gasteiger partial charge in [-0.1, -0.05) is 72.1 Å². The van der Waals surface area contributed by atoms with Crippen LogP contribution in [0.25, 0.3) is 0 Å². The van der Waals surface area contributed by atoms with Crippen molar-refractivity contribution in [1.29, 1.82) is 0 Å². The fourth-order valence-electron chi connectivity index (χ4n) is 4.07. The van der Waals surface area contributed by atoms with Crippen molar-refractivity contribution in [2.24, 2.45) is 5.92 Å². The third-order valence-corrected chi connectivity index (χ3v) is 10.3. The van der Waals surface area contributed by atoms with Gasteiger partial charge in [-0.05, 0) is 48.2 Å². The molecular formula is C19H40S. The van der Waals surface area contributed by atoms with Crippen molar-refractivity contribution in [1.82, 2.24) is 0 Å². The van der Waals surface area contributed by atoms with Crippen LogP contribution in [0, 0.1) is 5.92 Å². The van der Waals surface area contributed by atoms with Crippen LogP contribution in [-0.2, 0) is 0 Å². The SMILES string of the molecule is CCCC(CCC)CCCCC1(C)CCCCS1(C)C. The number of unbranched alkanes of at least 4 members (excludes halogenated alkanes) is 1. The molecule has 1 heteroatoms. The average molecular weight is 301 g/mol. The molecule has 0 nitrogen and oxygen atoms in total. The van der Waals surface area contributed by atoms with E-state index in [1.54, 1.807) is 0 Å². The van der Waals surface area contributed by atoms with Gasteiger partial charge in [-0.25, -0.2) is 10.0 Å². The lowest BCUT2D eigenvalue weighted by molar-refractivity contribution is 0.381. The van der Waals surface area contributed by atoms with Crippen molar-refractivity contribution in [3.8, 4) is 0 Å². The molecule has 1 unspecified atom stereocenters. The first-order chi connectivity index (χ1) is 9.45. The van der Waals surface area contributed by atoms with E-state index < -0.39 is 0 Å². The zero-order valence-electron chi connectivity index (χ0n) is 15.0. The highest BCUT2D eigenvalue weighted by Crippen LogP contribution is 2.60. The lowest BCUT2D eigenvalue weighted by atomic mass is 9.90. The monoisotopic (exact) mass is 300 g/mol. The quantitative estimate of drug-likeness (QED) is 0.412. The minimum Gasteiger partial charge on any atom is -0.241 e. The summed E-state index contributed by atoms with van der Waals surface area (Å²) in [6, 6.07) is 0. The van der Waals surface area contributed by atoms with E-state index in [4.69, 9.17) is 0 Å². The minimum atomic E-state index is -0.344. The summed E-state index contributed by atoms with van der Waals surface area (Å²) < 4.78 is 0.691. The Kier molecular flexibility index (Phi) is 8.01. The highest BCUT2D eigenvalue weighted by atomic mass is 32.3. The van der Waals surface area contributed by atoms with Gasteiger partial charge in [0.25, 0.3) is 0 Å². The first kappa shape index (κ1) is 18.4. The molecule has 1 fully saturated rings. The van der Waals surface area contributed by atoms with Gasteiger partial charge in [0.2, 0.25) is 0 Å². The Balaban J connectivity index is 2.31. The Morgan fingerprint density at radius 3 is 2.15 bits per heavy atom. The molecule has 0 aromatic carbocycles. The normalized spacial score (nSPS) is 27.7. The molecule has 0 amide bonds. The second-order valence-electron chi connectivity index (χ2n) is 7.84. The van der Waals surface area contributed by atoms with Crippen molar-refractivity contribution in [2.45, 2.75) is 96.1 Å². The van der Waals surface area contributed by atoms with Crippen LogP contribution in [0.3, 0.4) is 0 Å². The summed E-state index contributed by atoms with van der Waals surface area (Å²) in [4.78, 5) is 0. The molecule has 20 heavy (non-hydrogen) atoms. The standard InChI is InChI=1S/C19H40S/c1-6-12-18(13-7-2)14-8-9-15-19(3)16-10-11-17-20(19,4)5/h18H,6-17H2,1-5H3. The Labute approximate surface area is 130 Å². The van der Waals surface area contributed by atoms with Gasteiger partial charge in [0, 0.05) is 0 Å². The van der Waals surface area contributed by atoms with Crippen molar-refractivity contribution in [3.05, 3.63) is 0 Å². The Bertz CT molecular complexity index is 252. The van der Waals surface area contributed by atoms with Crippen LogP contribution in [0.15, 0.2) is 0 Å². The summed E-state index contributed by atoms with van der Waals surface area (Å²) in [7, 11) is -0.344. The van der Waals surface area contributed by atoms with Gasteiger partial charge < -0.3 is 0 Å². The molecule has 0 radical (unpaired) electrons. The smallest absolute Gasteiger partial charge is 0.00306 e. The molecule has 1 saturated heterocycles. The van der Waals surface area contributed by atoms with E-state index in [0.717, 1.165) is 5.92 Å². The van der Waals surface area contributed by atoms with E-state index in [2.05, 4.69) is 33.3 Å². The molecule has 0 aliphatic carbocycles. The van der Waals surface area contributed by atoms with Crippen LogP contribution in [0.5, 0.6) is 0 Å². The third kappa shape index (κ3) is 5.28. The topological polar surface area (TPSA) is 0 Å². The average Bonchev–Trinajstić information content (AvgIpc) is 2.39. The van der Waals surface area contributed by atoms with Crippen molar-refractivity contribution in [3.63, 3.8) is 0 Å². The van der Waals surface area contributed by atoms with Crippen LogP contribution in [0.4, 0.5) is 0 Å². The molecule has 1 atom stereocenters.